The first-order valence-electron chi connectivity index (χ1n) is 7.41. The van der Waals surface area contributed by atoms with Gasteiger partial charge in [-0.25, -0.2) is 0 Å². The molecular formula is C17H15N3O3S. The Hall–Kier alpha value is -2.69. The van der Waals surface area contributed by atoms with Gasteiger partial charge < -0.3 is 14.7 Å². The zero-order valence-corrected chi connectivity index (χ0v) is 13.5. The number of pyridine rings is 2. The van der Waals surface area contributed by atoms with Crippen LogP contribution in [0.1, 0.15) is 11.1 Å². The van der Waals surface area contributed by atoms with Crippen molar-refractivity contribution in [3.05, 3.63) is 67.0 Å². The predicted octanol–water partition coefficient (Wildman–Crippen LogP) is 1.47. The van der Waals surface area contributed by atoms with E-state index >= 15 is 0 Å². The van der Waals surface area contributed by atoms with Crippen molar-refractivity contribution >= 4 is 22.2 Å². The zero-order chi connectivity index (χ0) is 17.1. The molecule has 0 saturated carbocycles. The van der Waals surface area contributed by atoms with Gasteiger partial charge >= 0.3 is 0 Å². The van der Waals surface area contributed by atoms with Gasteiger partial charge in [0, 0.05) is 25.3 Å². The third kappa shape index (κ3) is 3.15. The summed E-state index contributed by atoms with van der Waals surface area (Å²) in [5, 5.41) is 22.9. The highest BCUT2D eigenvalue weighted by molar-refractivity contribution is 7.07. The lowest BCUT2D eigenvalue weighted by atomic mass is 10.0. The molecule has 1 atom stereocenters. The fourth-order valence-corrected chi connectivity index (χ4v) is 3.36. The lowest BCUT2D eigenvalue weighted by Gasteiger charge is -2.15. The van der Waals surface area contributed by atoms with Crippen molar-refractivity contribution in [2.24, 2.45) is 5.92 Å². The fraction of sp³-hybridized carbons (Fsp3) is 0.235. The second-order valence-corrected chi connectivity index (χ2v) is 6.39. The van der Waals surface area contributed by atoms with E-state index in [9.17, 15) is 14.7 Å². The van der Waals surface area contributed by atoms with Gasteiger partial charge in [0.15, 0.2) is 0 Å². The molecule has 3 rings (SSSR count). The van der Waals surface area contributed by atoms with Gasteiger partial charge in [0.05, 0.1) is 10.9 Å². The number of aliphatic hydroxyl groups excluding tert-OH is 1. The molecule has 0 aliphatic rings. The van der Waals surface area contributed by atoms with E-state index in [2.05, 4.69) is 4.98 Å². The molecule has 0 aliphatic carbocycles. The van der Waals surface area contributed by atoms with Gasteiger partial charge in [-0.3, -0.25) is 9.59 Å². The van der Waals surface area contributed by atoms with Crippen molar-refractivity contribution in [2.45, 2.75) is 13.0 Å². The molecule has 6 nitrogen and oxygen atoms in total. The number of aromatic nitrogens is 2. The number of nitrogens with one attached hydrogen (secondary N) is 1. The summed E-state index contributed by atoms with van der Waals surface area (Å²) in [7, 11) is 0. The number of nitriles is 1. The molecule has 0 radical (unpaired) electrons. The summed E-state index contributed by atoms with van der Waals surface area (Å²) in [5.41, 5.74) is 0.647. The number of thiophene rings is 1. The van der Waals surface area contributed by atoms with Crippen molar-refractivity contribution < 1.29 is 5.11 Å². The first-order chi connectivity index (χ1) is 11.6. The number of hydrogen-bond donors (Lipinski definition) is 2. The molecule has 7 heteroatoms. The third-order valence-electron chi connectivity index (χ3n) is 3.92. The van der Waals surface area contributed by atoms with Gasteiger partial charge in [-0.05, 0) is 40.9 Å². The quantitative estimate of drug-likeness (QED) is 0.734. The molecule has 0 aromatic carbocycles. The number of H-pyrrole nitrogens is 1. The summed E-state index contributed by atoms with van der Waals surface area (Å²) >= 11 is 1.59. The molecule has 2 N–H and O–H groups in total. The number of hydrogen-bond acceptors (Lipinski definition) is 5. The molecular weight excluding hydrogens is 326 g/mol. The summed E-state index contributed by atoms with van der Waals surface area (Å²) in [6.07, 6.45) is 2.28. The largest absolute Gasteiger partial charge is 0.396 e. The maximum atomic E-state index is 12.6. The van der Waals surface area contributed by atoms with Gasteiger partial charge in [0.25, 0.3) is 11.1 Å². The van der Waals surface area contributed by atoms with Gasteiger partial charge in [-0.2, -0.15) is 16.6 Å². The molecule has 3 heterocycles. The Kier molecular flexibility index (Phi) is 4.60. The SMILES string of the molecule is N#Cc1cc2c(=O)n(C[C@H](CO)Cc3ccsc3)ccc2[nH]c1=O. The standard InChI is InChI=1S/C17H15N3O3S/c18-7-13-6-14-15(19-16(13)22)1-3-20(17(14)23)8-12(9-21)5-11-2-4-24-10-11/h1-4,6,10,12,21H,5,8-9H2,(H,19,22)/t12-/m1/s1. The van der Waals surface area contributed by atoms with Crippen molar-refractivity contribution in [3.63, 3.8) is 0 Å². The van der Waals surface area contributed by atoms with Crippen LogP contribution >= 0.6 is 11.3 Å². The topological polar surface area (TPSA) is 98.9 Å². The lowest BCUT2D eigenvalue weighted by Crippen LogP contribution is -2.27. The minimum atomic E-state index is -0.507. The molecule has 0 aliphatic heterocycles. The molecule has 0 bridgehead atoms. The predicted molar refractivity (Wildman–Crippen MR) is 92.1 cm³/mol. The molecule has 0 fully saturated rings. The third-order valence-corrected chi connectivity index (χ3v) is 4.65. The van der Waals surface area contributed by atoms with Gasteiger partial charge in [-0.1, -0.05) is 0 Å². The van der Waals surface area contributed by atoms with E-state index in [0.29, 0.717) is 23.9 Å². The van der Waals surface area contributed by atoms with Crippen molar-refractivity contribution in [3.8, 4) is 6.07 Å². The monoisotopic (exact) mass is 341 g/mol. The average Bonchev–Trinajstić information content (AvgIpc) is 3.09. The Morgan fingerprint density at radius 1 is 1.38 bits per heavy atom. The summed E-state index contributed by atoms with van der Waals surface area (Å²) < 4.78 is 1.51. The van der Waals surface area contributed by atoms with Crippen molar-refractivity contribution in [1.29, 1.82) is 5.26 Å². The second-order valence-electron chi connectivity index (χ2n) is 5.61. The summed E-state index contributed by atoms with van der Waals surface area (Å²) in [6.45, 7) is 0.331. The van der Waals surface area contributed by atoms with Crippen LogP contribution in [0.5, 0.6) is 0 Å². The summed E-state index contributed by atoms with van der Waals surface area (Å²) in [4.78, 5) is 26.8. The van der Waals surface area contributed by atoms with Gasteiger partial charge in [0.1, 0.15) is 11.6 Å². The van der Waals surface area contributed by atoms with Gasteiger partial charge in [-0.15, -0.1) is 0 Å². The molecule has 122 valence electrons. The highest BCUT2D eigenvalue weighted by Crippen LogP contribution is 2.14. The Morgan fingerprint density at radius 2 is 2.21 bits per heavy atom. The van der Waals surface area contributed by atoms with Crippen molar-refractivity contribution in [2.75, 3.05) is 6.61 Å². The highest BCUT2D eigenvalue weighted by Gasteiger charge is 2.13. The van der Waals surface area contributed by atoms with Crippen LogP contribution in [0.4, 0.5) is 0 Å². The molecule has 0 unspecified atom stereocenters. The highest BCUT2D eigenvalue weighted by atomic mass is 32.1. The van der Waals surface area contributed by atoms with E-state index in [1.165, 1.54) is 10.6 Å². The second kappa shape index (κ2) is 6.83. The van der Waals surface area contributed by atoms with E-state index in [4.69, 9.17) is 5.26 Å². The van der Waals surface area contributed by atoms with Crippen LogP contribution in [0.15, 0.2) is 44.7 Å². The van der Waals surface area contributed by atoms with Crippen LogP contribution in [0, 0.1) is 17.2 Å². The van der Waals surface area contributed by atoms with Crippen molar-refractivity contribution in [1.82, 2.24) is 9.55 Å². The van der Waals surface area contributed by atoms with E-state index in [1.807, 2.05) is 16.8 Å². The molecule has 0 spiro atoms. The van der Waals surface area contributed by atoms with Crippen LogP contribution in [0.2, 0.25) is 0 Å². The number of fused-ring (bicyclic) bond motifs is 1. The van der Waals surface area contributed by atoms with Crippen LogP contribution in [0.3, 0.4) is 0 Å². The van der Waals surface area contributed by atoms with E-state index < -0.39 is 5.56 Å². The van der Waals surface area contributed by atoms with E-state index in [-0.39, 0.29) is 23.6 Å². The maximum absolute atomic E-state index is 12.6. The Balaban J connectivity index is 1.96. The minimum Gasteiger partial charge on any atom is -0.396 e. The molecule has 0 saturated heterocycles. The minimum absolute atomic E-state index is 0.0323. The number of aromatic amines is 1. The Morgan fingerprint density at radius 3 is 2.88 bits per heavy atom. The summed E-state index contributed by atoms with van der Waals surface area (Å²) in [6, 6.07) is 6.74. The summed E-state index contributed by atoms with van der Waals surface area (Å²) in [5.74, 6) is -0.0899. The molecule has 3 aromatic rings. The average molecular weight is 341 g/mol. The first kappa shape index (κ1) is 16.2. The number of rotatable bonds is 5. The number of nitrogens with zero attached hydrogens (tertiary/aromatic N) is 2. The normalized spacial score (nSPS) is 12.2. The van der Waals surface area contributed by atoms with E-state index in [1.54, 1.807) is 29.7 Å². The van der Waals surface area contributed by atoms with E-state index in [0.717, 1.165) is 5.56 Å². The Bertz CT molecular complexity index is 1010. The molecule has 3 aromatic heterocycles. The van der Waals surface area contributed by atoms with Gasteiger partial charge in [0.2, 0.25) is 0 Å². The molecule has 24 heavy (non-hydrogen) atoms. The number of aliphatic hydroxyl groups is 1. The van der Waals surface area contributed by atoms with Crippen LogP contribution in [-0.4, -0.2) is 21.3 Å². The zero-order valence-electron chi connectivity index (χ0n) is 12.7. The van der Waals surface area contributed by atoms with Crippen LogP contribution < -0.4 is 11.1 Å². The smallest absolute Gasteiger partial charge is 0.266 e. The fourth-order valence-electron chi connectivity index (χ4n) is 2.67. The van der Waals surface area contributed by atoms with Crippen LogP contribution in [-0.2, 0) is 13.0 Å². The lowest BCUT2D eigenvalue weighted by molar-refractivity contribution is 0.209. The first-order valence-corrected chi connectivity index (χ1v) is 8.35. The van der Waals surface area contributed by atoms with Crippen LogP contribution in [0.25, 0.3) is 10.9 Å². The maximum Gasteiger partial charge on any atom is 0.266 e. The Labute approximate surface area is 141 Å². The molecule has 0 amide bonds.